The number of carbonyl (C=O) groups is 2. The van der Waals surface area contributed by atoms with E-state index in [9.17, 15) is 22.8 Å². The highest BCUT2D eigenvalue weighted by molar-refractivity contribution is 5.95. The molecule has 156 valence electrons. The van der Waals surface area contributed by atoms with E-state index in [-0.39, 0.29) is 23.3 Å². The number of methoxy groups -OCH3 is 1. The van der Waals surface area contributed by atoms with Gasteiger partial charge < -0.3 is 19.5 Å². The van der Waals surface area contributed by atoms with E-state index in [1.165, 1.54) is 17.7 Å². The maximum atomic E-state index is 13.3. The standard InChI is InChI=1S/C20H22F3N3O3/c1-29-19(28)26-8-4-14(5-9-26)13-24-18(27)15-10-16(20(21,22)23)12-17(11-15)25-6-2-3-7-25/h2-3,6-7,10-12,14H,4-5,8-9,13H2,1H3,(H,24,27). The highest BCUT2D eigenvalue weighted by Gasteiger charge is 2.32. The number of hydrogen-bond donors (Lipinski definition) is 1. The number of carbonyl (C=O) groups excluding carboxylic acids is 2. The number of likely N-dealkylation sites (tertiary alicyclic amines) is 1. The van der Waals surface area contributed by atoms with Crippen molar-refractivity contribution in [3.63, 3.8) is 0 Å². The summed E-state index contributed by atoms with van der Waals surface area (Å²) in [5.41, 5.74) is -0.655. The molecule has 6 nitrogen and oxygen atoms in total. The maximum absolute atomic E-state index is 13.3. The third kappa shape index (κ3) is 5.10. The lowest BCUT2D eigenvalue weighted by Gasteiger charge is -2.30. The van der Waals surface area contributed by atoms with E-state index in [1.807, 2.05) is 0 Å². The Hall–Kier alpha value is -2.97. The number of halogens is 3. The molecule has 9 heteroatoms. The van der Waals surface area contributed by atoms with Gasteiger partial charge in [-0.25, -0.2) is 4.79 Å². The molecule has 1 aliphatic rings. The van der Waals surface area contributed by atoms with E-state index in [4.69, 9.17) is 0 Å². The molecule has 1 aromatic heterocycles. The normalized spacial score (nSPS) is 15.2. The van der Waals surface area contributed by atoms with Gasteiger partial charge in [0.1, 0.15) is 0 Å². The van der Waals surface area contributed by atoms with Gasteiger partial charge in [0.05, 0.1) is 12.7 Å². The summed E-state index contributed by atoms with van der Waals surface area (Å²) in [6, 6.07) is 6.70. The summed E-state index contributed by atoms with van der Waals surface area (Å²) in [4.78, 5) is 25.6. The summed E-state index contributed by atoms with van der Waals surface area (Å²) in [5.74, 6) is -0.408. The largest absolute Gasteiger partial charge is 0.453 e. The van der Waals surface area contributed by atoms with Crippen molar-refractivity contribution in [2.45, 2.75) is 19.0 Å². The van der Waals surface area contributed by atoms with Gasteiger partial charge in [0.25, 0.3) is 5.91 Å². The number of benzene rings is 1. The van der Waals surface area contributed by atoms with Gasteiger partial charge in [-0.3, -0.25) is 4.79 Å². The second kappa shape index (κ2) is 8.59. The summed E-state index contributed by atoms with van der Waals surface area (Å²) in [6.07, 6.45) is -0.328. The van der Waals surface area contributed by atoms with Crippen LogP contribution in [0.25, 0.3) is 5.69 Å². The number of nitrogens with one attached hydrogen (secondary N) is 1. The monoisotopic (exact) mass is 409 g/mol. The molecule has 0 spiro atoms. The van der Waals surface area contributed by atoms with Gasteiger partial charge in [0.2, 0.25) is 0 Å². The number of nitrogens with zero attached hydrogens (tertiary/aromatic N) is 2. The molecule has 29 heavy (non-hydrogen) atoms. The molecule has 0 radical (unpaired) electrons. The van der Waals surface area contributed by atoms with Crippen LogP contribution in [0.4, 0.5) is 18.0 Å². The van der Waals surface area contributed by atoms with Crippen LogP contribution in [0.15, 0.2) is 42.7 Å². The van der Waals surface area contributed by atoms with Crippen molar-refractivity contribution in [1.29, 1.82) is 0 Å². The lowest BCUT2D eigenvalue weighted by molar-refractivity contribution is -0.137. The zero-order chi connectivity index (χ0) is 21.0. The second-order valence-electron chi connectivity index (χ2n) is 6.97. The predicted molar refractivity (Wildman–Crippen MR) is 99.8 cm³/mol. The van der Waals surface area contributed by atoms with Gasteiger partial charge >= 0.3 is 12.3 Å². The van der Waals surface area contributed by atoms with Crippen molar-refractivity contribution in [2.24, 2.45) is 5.92 Å². The first kappa shape index (κ1) is 20.8. The Bertz CT molecular complexity index is 858. The number of piperidine rings is 1. The highest BCUT2D eigenvalue weighted by Crippen LogP contribution is 2.31. The Kier molecular flexibility index (Phi) is 6.14. The van der Waals surface area contributed by atoms with Crippen molar-refractivity contribution in [2.75, 3.05) is 26.7 Å². The first-order valence-electron chi connectivity index (χ1n) is 9.24. The lowest BCUT2D eigenvalue weighted by Crippen LogP contribution is -2.41. The van der Waals surface area contributed by atoms with E-state index in [0.717, 1.165) is 12.1 Å². The molecule has 1 aromatic carbocycles. The smallest absolute Gasteiger partial charge is 0.416 e. The Morgan fingerprint density at radius 3 is 2.38 bits per heavy atom. The highest BCUT2D eigenvalue weighted by atomic mass is 19.4. The van der Waals surface area contributed by atoms with Crippen molar-refractivity contribution in [3.8, 4) is 5.69 Å². The molecule has 1 N–H and O–H groups in total. The molecule has 1 fully saturated rings. The maximum Gasteiger partial charge on any atom is 0.416 e. The van der Waals surface area contributed by atoms with Crippen LogP contribution >= 0.6 is 0 Å². The molecule has 2 amide bonds. The molecule has 2 aromatic rings. The average Bonchev–Trinajstić information content (AvgIpc) is 3.26. The van der Waals surface area contributed by atoms with Crippen LogP contribution in [-0.4, -0.2) is 48.2 Å². The van der Waals surface area contributed by atoms with Gasteiger partial charge in [0.15, 0.2) is 0 Å². The molecular weight excluding hydrogens is 387 g/mol. The minimum atomic E-state index is -4.56. The summed E-state index contributed by atoms with van der Waals surface area (Å²) in [6.45, 7) is 1.38. The fourth-order valence-electron chi connectivity index (χ4n) is 3.35. The molecule has 1 aliphatic heterocycles. The average molecular weight is 409 g/mol. The van der Waals surface area contributed by atoms with Crippen LogP contribution in [0.1, 0.15) is 28.8 Å². The van der Waals surface area contributed by atoms with E-state index >= 15 is 0 Å². The molecule has 0 bridgehead atoms. The summed E-state index contributed by atoms with van der Waals surface area (Å²) < 4.78 is 46.0. The first-order chi connectivity index (χ1) is 13.8. The molecule has 0 unspecified atom stereocenters. The van der Waals surface area contributed by atoms with Crippen LogP contribution in [0, 0.1) is 5.92 Å². The van der Waals surface area contributed by atoms with E-state index in [0.29, 0.717) is 32.5 Å². The predicted octanol–water partition coefficient (Wildman–Crippen LogP) is 3.70. The SMILES string of the molecule is COC(=O)N1CCC(CNC(=O)c2cc(-n3cccc3)cc(C(F)(F)F)c2)CC1. The quantitative estimate of drug-likeness (QED) is 0.838. The minimum absolute atomic E-state index is 0.0458. The summed E-state index contributed by atoms with van der Waals surface area (Å²) >= 11 is 0. The number of hydrogen-bond acceptors (Lipinski definition) is 3. The summed E-state index contributed by atoms with van der Waals surface area (Å²) in [7, 11) is 1.33. The number of amides is 2. The fraction of sp³-hybridized carbons (Fsp3) is 0.400. The number of rotatable bonds is 4. The Morgan fingerprint density at radius 1 is 1.14 bits per heavy atom. The minimum Gasteiger partial charge on any atom is -0.453 e. The van der Waals surface area contributed by atoms with Crippen molar-refractivity contribution in [1.82, 2.24) is 14.8 Å². The van der Waals surface area contributed by atoms with E-state index in [1.54, 1.807) is 29.4 Å². The number of aromatic nitrogens is 1. The van der Waals surface area contributed by atoms with Crippen molar-refractivity contribution >= 4 is 12.0 Å². The van der Waals surface area contributed by atoms with E-state index < -0.39 is 17.6 Å². The Balaban J connectivity index is 1.68. The van der Waals surface area contributed by atoms with Gasteiger partial charge in [-0.05, 0) is 49.1 Å². The summed E-state index contributed by atoms with van der Waals surface area (Å²) in [5, 5.41) is 2.73. The Morgan fingerprint density at radius 2 is 1.79 bits per heavy atom. The molecule has 0 saturated carbocycles. The van der Waals surface area contributed by atoms with Gasteiger partial charge in [-0.15, -0.1) is 0 Å². The number of alkyl halides is 3. The fourth-order valence-corrected chi connectivity index (χ4v) is 3.35. The zero-order valence-corrected chi connectivity index (χ0v) is 15.9. The molecule has 0 atom stereocenters. The molecule has 2 heterocycles. The van der Waals surface area contributed by atoms with Crippen LogP contribution < -0.4 is 5.32 Å². The molecule has 0 aliphatic carbocycles. The van der Waals surface area contributed by atoms with E-state index in [2.05, 4.69) is 10.1 Å². The van der Waals surface area contributed by atoms with Crippen LogP contribution in [0.2, 0.25) is 0 Å². The Labute approximate surface area is 166 Å². The topological polar surface area (TPSA) is 63.6 Å². The zero-order valence-electron chi connectivity index (χ0n) is 15.9. The second-order valence-corrected chi connectivity index (χ2v) is 6.97. The molecular formula is C20H22F3N3O3. The van der Waals surface area contributed by atoms with Gasteiger partial charge in [0, 0.05) is 43.3 Å². The van der Waals surface area contributed by atoms with Gasteiger partial charge in [-0.2, -0.15) is 13.2 Å². The lowest BCUT2D eigenvalue weighted by atomic mass is 9.97. The molecule has 1 saturated heterocycles. The number of ether oxygens (including phenoxy) is 1. The third-order valence-corrected chi connectivity index (χ3v) is 5.01. The van der Waals surface area contributed by atoms with Crippen LogP contribution in [0.3, 0.4) is 0 Å². The van der Waals surface area contributed by atoms with Crippen LogP contribution in [-0.2, 0) is 10.9 Å². The van der Waals surface area contributed by atoms with Crippen LogP contribution in [0.5, 0.6) is 0 Å². The van der Waals surface area contributed by atoms with Gasteiger partial charge in [-0.1, -0.05) is 0 Å². The first-order valence-corrected chi connectivity index (χ1v) is 9.24. The van der Waals surface area contributed by atoms with Crippen molar-refractivity contribution < 1.29 is 27.5 Å². The third-order valence-electron chi connectivity index (χ3n) is 5.01. The molecule has 3 rings (SSSR count). The van der Waals surface area contributed by atoms with Crippen molar-refractivity contribution in [3.05, 3.63) is 53.9 Å².